The second-order valence-electron chi connectivity index (χ2n) is 2.02. The molecule has 0 unspecified atom stereocenters. The van der Waals surface area contributed by atoms with Gasteiger partial charge in [0.05, 0.1) is 0 Å². The largest absolute Gasteiger partial charge is 0 e. The second kappa shape index (κ2) is 21.7. The van der Waals surface area contributed by atoms with Crippen LogP contribution >= 0.6 is 17.2 Å². The second-order valence-corrected chi connectivity index (χ2v) is 14.4. The molecule has 26 heavy (non-hydrogen) atoms. The molecule has 161 valence electrons. The Bertz CT molecular complexity index is 577. The van der Waals surface area contributed by atoms with E-state index in [2.05, 4.69) is 0 Å². The SMILES string of the molecule is O=S(=O)(O)O.O=S(=O)(O)O.O=S(=O)(O)O.O=S(=O)(O)O.[LiH].[O]=[Hf]([Cl])[Cl].[Re]. The van der Waals surface area contributed by atoms with Gasteiger partial charge in [0.25, 0.3) is 0 Å². The molecule has 0 aromatic heterocycles. The number of hydrogen-bond donors (Lipinski definition) is 8. The molecule has 8 N–H and O–H groups in total. The monoisotopic (exact) mass is 853 g/mol. The Balaban J connectivity index is -0.0000000341. The van der Waals surface area contributed by atoms with Gasteiger partial charge in [-0.05, 0) is 0 Å². The molecule has 0 aliphatic rings. The minimum Gasteiger partial charge on any atom is 0 e. The third kappa shape index (κ3) is 4100. The van der Waals surface area contributed by atoms with E-state index in [4.69, 9.17) is 87.2 Å². The van der Waals surface area contributed by atoms with Gasteiger partial charge in [-0.25, -0.2) is 0 Å². The van der Waals surface area contributed by atoms with Gasteiger partial charge in [-0.2, -0.15) is 33.7 Å². The van der Waals surface area contributed by atoms with E-state index in [1.165, 1.54) is 0 Å². The number of halogens is 2. The van der Waals surface area contributed by atoms with Crippen LogP contribution in [0.3, 0.4) is 0 Å². The van der Waals surface area contributed by atoms with Crippen LogP contribution in [0.1, 0.15) is 0 Å². The molecule has 1 radical (unpaired) electrons. The minimum atomic E-state index is -4.67. The van der Waals surface area contributed by atoms with E-state index >= 15 is 0 Å². The average molecular weight is 852 g/mol. The van der Waals surface area contributed by atoms with Crippen molar-refractivity contribution in [2.45, 2.75) is 0 Å². The maximum Gasteiger partial charge on any atom is 0 e. The van der Waals surface area contributed by atoms with Gasteiger partial charge in [0.1, 0.15) is 0 Å². The fourth-order valence-corrected chi connectivity index (χ4v) is 0. The Hall–Kier alpha value is 1.99. The Kier molecular flexibility index (Phi) is 38.6. The van der Waals surface area contributed by atoms with Crippen molar-refractivity contribution in [2.75, 3.05) is 0 Å². The molecule has 0 aromatic carbocycles. The summed E-state index contributed by atoms with van der Waals surface area (Å²) >= 11 is -2.96. The predicted molar refractivity (Wildman–Crippen MR) is 76.3 cm³/mol. The van der Waals surface area contributed by atoms with Crippen molar-refractivity contribution in [2.24, 2.45) is 0 Å². The molecule has 17 nitrogen and oxygen atoms in total. The topological polar surface area (TPSA) is 315 Å². The molecule has 0 aliphatic heterocycles. The molecule has 0 atom stereocenters. The third-order valence-electron chi connectivity index (χ3n) is 0. The average Bonchev–Trinajstić information content (AvgIpc) is 1.82. The molecule has 0 amide bonds. The summed E-state index contributed by atoms with van der Waals surface area (Å²) in [4.78, 5) is 0. The number of rotatable bonds is 0. The van der Waals surface area contributed by atoms with Crippen LogP contribution in [0.2, 0.25) is 0 Å². The maximum atomic E-state index is 9.27. The summed E-state index contributed by atoms with van der Waals surface area (Å²) < 4.78 is 136. The molecule has 0 heterocycles. The molecule has 0 rings (SSSR count). The van der Waals surface area contributed by atoms with Crippen LogP contribution in [0, 0.1) is 0 Å². The van der Waals surface area contributed by atoms with E-state index in [1.54, 1.807) is 0 Å². The third-order valence-corrected chi connectivity index (χ3v) is 0. The molecule has 0 spiro atoms. The zero-order chi connectivity index (χ0) is 21.6. The van der Waals surface area contributed by atoms with Crippen LogP contribution in [-0.4, -0.2) is 89.0 Å². The first-order valence-corrected chi connectivity index (χ1v) is 19.3. The Labute approximate surface area is 188 Å². The Morgan fingerprint density at radius 2 is 0.500 bits per heavy atom. The van der Waals surface area contributed by atoms with Crippen molar-refractivity contribution in [1.82, 2.24) is 0 Å². The zero-order valence-corrected chi connectivity index (χ0v) is 21.6. The van der Waals surface area contributed by atoms with Crippen LogP contribution in [0.4, 0.5) is 0 Å². The van der Waals surface area contributed by atoms with Gasteiger partial charge in [0, 0.05) is 20.4 Å². The van der Waals surface area contributed by atoms with Crippen molar-refractivity contribution < 1.29 is 112 Å². The maximum absolute atomic E-state index is 9.27. The first kappa shape index (κ1) is 46.3. The van der Waals surface area contributed by atoms with E-state index in [-0.39, 0.29) is 39.3 Å². The molecule has 0 fully saturated rings. The summed E-state index contributed by atoms with van der Waals surface area (Å²) in [6, 6.07) is 0. The Morgan fingerprint density at radius 1 is 0.500 bits per heavy atom. The molecule has 0 aliphatic carbocycles. The van der Waals surface area contributed by atoms with E-state index in [0.717, 1.165) is 0 Å². The van der Waals surface area contributed by atoms with Gasteiger partial charge >= 0.3 is 99.5 Å². The van der Waals surface area contributed by atoms with E-state index in [9.17, 15) is 2.85 Å². The first-order chi connectivity index (χ1) is 9.73. The van der Waals surface area contributed by atoms with Gasteiger partial charge in [-0.15, -0.1) is 0 Å². The van der Waals surface area contributed by atoms with Gasteiger partial charge in [0.2, 0.25) is 0 Å². The van der Waals surface area contributed by atoms with Crippen LogP contribution in [0.15, 0.2) is 0 Å². The van der Waals surface area contributed by atoms with Crippen molar-refractivity contribution in [3.63, 3.8) is 0 Å². The predicted octanol–water partition coefficient (Wildman–Crippen LogP) is -2.00. The molecular formula is H9Cl2HfLiO17ReS4. The van der Waals surface area contributed by atoms with Gasteiger partial charge in [-0.3, -0.25) is 36.4 Å². The molecule has 0 saturated heterocycles. The molecule has 0 aromatic rings. The number of hydrogen-bond acceptors (Lipinski definition) is 9. The summed E-state index contributed by atoms with van der Waals surface area (Å²) in [5, 5.41) is 0. The summed E-state index contributed by atoms with van der Waals surface area (Å²) in [7, 11) is -9.27. The first-order valence-electron chi connectivity index (χ1n) is 3.38. The van der Waals surface area contributed by atoms with Crippen LogP contribution < -0.4 is 0 Å². The summed E-state index contributed by atoms with van der Waals surface area (Å²) in [5.41, 5.74) is 0. The molecular weight excluding hydrogens is 843 g/mol. The minimum absolute atomic E-state index is 0. The van der Waals surface area contributed by atoms with Gasteiger partial charge in [0.15, 0.2) is 0 Å². The fourth-order valence-electron chi connectivity index (χ4n) is 0. The van der Waals surface area contributed by atoms with Crippen molar-refractivity contribution in [3.8, 4) is 0 Å². The van der Waals surface area contributed by atoms with Crippen molar-refractivity contribution in [3.05, 3.63) is 0 Å². The smallest absolute Gasteiger partial charge is 0 e. The summed E-state index contributed by atoms with van der Waals surface area (Å²) in [6.07, 6.45) is 0. The molecule has 26 heteroatoms. The fraction of sp³-hybridized carbons (Fsp3) is 0. The normalized spacial score (nSPS) is 9.92. The van der Waals surface area contributed by atoms with Gasteiger partial charge < -0.3 is 0 Å². The van der Waals surface area contributed by atoms with E-state index in [0.29, 0.717) is 0 Å². The molecule has 0 saturated carbocycles. The van der Waals surface area contributed by atoms with E-state index in [1.807, 2.05) is 0 Å². The zero-order valence-electron chi connectivity index (χ0n) is 10.5. The summed E-state index contributed by atoms with van der Waals surface area (Å²) in [5.74, 6) is 0. The van der Waals surface area contributed by atoms with Crippen LogP contribution in [-0.2, 0) is 83.9 Å². The molecule has 0 bridgehead atoms. The summed E-state index contributed by atoms with van der Waals surface area (Å²) in [6.45, 7) is 0. The van der Waals surface area contributed by atoms with Crippen molar-refractivity contribution >= 4 is 77.6 Å². The van der Waals surface area contributed by atoms with Crippen LogP contribution in [0.25, 0.3) is 0 Å². The quantitative estimate of drug-likeness (QED) is 0.0965. The van der Waals surface area contributed by atoms with Gasteiger partial charge in [-0.1, -0.05) is 0 Å². The van der Waals surface area contributed by atoms with Crippen molar-refractivity contribution in [1.29, 1.82) is 0 Å². The standard InChI is InChI=1S/2ClH.Hf.Li.4H2O4S.O.Re.H/c;;;;4*1-5(2,3)4;;;/h2*1H;;;4*(H2,1,2,3,4);;;/q;;+2;;;;;;;;/p-2. The van der Waals surface area contributed by atoms with Crippen LogP contribution in [0.5, 0.6) is 0 Å². The van der Waals surface area contributed by atoms with E-state index < -0.39 is 60.7 Å². The Morgan fingerprint density at radius 3 is 0.500 bits per heavy atom.